The number of rotatable bonds is 4. The van der Waals surface area contributed by atoms with Crippen molar-refractivity contribution in [3.05, 3.63) is 50.6 Å². The van der Waals surface area contributed by atoms with E-state index in [0.717, 1.165) is 17.0 Å². The molecule has 2 rings (SSSR count). The first kappa shape index (κ1) is 15.0. The number of hydrogen-bond acceptors (Lipinski definition) is 4. The first-order valence-corrected chi connectivity index (χ1v) is 7.03. The first-order valence-electron chi connectivity index (χ1n) is 6.15. The van der Waals surface area contributed by atoms with Crippen LogP contribution in [0.1, 0.15) is 16.1 Å². The number of aromatic carboxylic acids is 1. The van der Waals surface area contributed by atoms with E-state index in [-0.39, 0.29) is 22.9 Å². The van der Waals surface area contributed by atoms with Gasteiger partial charge < -0.3 is 10.0 Å². The molecule has 0 aliphatic carbocycles. The zero-order valence-corrected chi connectivity index (χ0v) is 12.4. The van der Waals surface area contributed by atoms with Crippen LogP contribution in [0.3, 0.4) is 0 Å². The van der Waals surface area contributed by atoms with Gasteiger partial charge in [-0.3, -0.25) is 14.2 Å². The number of carbonyl (C=O) groups is 2. The summed E-state index contributed by atoms with van der Waals surface area (Å²) in [7, 11) is 1.59. The molecule has 1 heterocycles. The van der Waals surface area contributed by atoms with Crippen molar-refractivity contribution in [2.24, 2.45) is 0 Å². The molecule has 7 heteroatoms. The summed E-state index contributed by atoms with van der Waals surface area (Å²) in [5, 5.41) is 10.5. The van der Waals surface area contributed by atoms with Gasteiger partial charge in [-0.15, -0.1) is 0 Å². The number of carboxylic acids is 1. The molecule has 1 aromatic carbocycles. The molecule has 0 spiro atoms. The van der Waals surface area contributed by atoms with Gasteiger partial charge in [0.05, 0.1) is 5.56 Å². The summed E-state index contributed by atoms with van der Waals surface area (Å²) in [5.41, 5.74) is 1.48. The third-order valence-electron chi connectivity index (χ3n) is 3.15. The van der Waals surface area contributed by atoms with E-state index in [9.17, 15) is 14.4 Å². The van der Waals surface area contributed by atoms with E-state index in [1.807, 2.05) is 0 Å². The minimum atomic E-state index is -1.02. The highest BCUT2D eigenvalue weighted by molar-refractivity contribution is 7.07. The Hall–Kier alpha value is -2.41. The lowest BCUT2D eigenvalue weighted by molar-refractivity contribution is -0.118. The molecule has 0 atom stereocenters. The van der Waals surface area contributed by atoms with Crippen LogP contribution < -0.4 is 9.77 Å². The van der Waals surface area contributed by atoms with Crippen molar-refractivity contribution in [2.45, 2.75) is 13.5 Å². The number of nitrogens with zero attached hydrogens (tertiary/aromatic N) is 2. The van der Waals surface area contributed by atoms with E-state index in [2.05, 4.69) is 0 Å². The number of thiazole rings is 1. The van der Waals surface area contributed by atoms with Gasteiger partial charge in [0.25, 0.3) is 0 Å². The molecular weight excluding hydrogens is 292 g/mol. The number of aromatic nitrogens is 1. The number of carboxylic acid groups (broad SMARTS) is 1. The van der Waals surface area contributed by atoms with E-state index >= 15 is 0 Å². The van der Waals surface area contributed by atoms with Gasteiger partial charge in [0.15, 0.2) is 0 Å². The normalized spacial score (nSPS) is 10.4. The molecule has 21 heavy (non-hydrogen) atoms. The molecule has 0 unspecified atom stereocenters. The quantitative estimate of drug-likeness (QED) is 0.930. The van der Waals surface area contributed by atoms with Crippen LogP contribution in [0.4, 0.5) is 5.69 Å². The molecule has 0 aliphatic heterocycles. The highest BCUT2D eigenvalue weighted by Gasteiger charge is 2.14. The van der Waals surface area contributed by atoms with Gasteiger partial charge in [-0.2, -0.15) is 0 Å². The fraction of sp³-hybridized carbons (Fsp3) is 0.214. The van der Waals surface area contributed by atoms with Gasteiger partial charge in [0.2, 0.25) is 5.91 Å². The van der Waals surface area contributed by atoms with Crippen LogP contribution in [0.15, 0.2) is 34.4 Å². The maximum Gasteiger partial charge on any atom is 0.335 e. The minimum absolute atomic E-state index is 0.0364. The van der Waals surface area contributed by atoms with E-state index < -0.39 is 5.97 Å². The van der Waals surface area contributed by atoms with Crippen molar-refractivity contribution in [3.8, 4) is 0 Å². The number of aryl methyl sites for hydroxylation is 1. The average molecular weight is 306 g/mol. The van der Waals surface area contributed by atoms with Gasteiger partial charge in [-0.05, 0) is 31.2 Å². The number of amides is 1. The maximum atomic E-state index is 12.2. The Morgan fingerprint density at radius 1 is 1.29 bits per heavy atom. The molecule has 0 aliphatic rings. The Balaban J connectivity index is 2.16. The van der Waals surface area contributed by atoms with Crippen LogP contribution in [0.5, 0.6) is 0 Å². The van der Waals surface area contributed by atoms with Gasteiger partial charge >= 0.3 is 10.8 Å². The van der Waals surface area contributed by atoms with E-state index in [1.54, 1.807) is 31.5 Å². The highest BCUT2D eigenvalue weighted by Crippen LogP contribution is 2.14. The molecule has 6 nitrogen and oxygen atoms in total. The first-order chi connectivity index (χ1) is 9.90. The molecule has 1 N–H and O–H groups in total. The van der Waals surface area contributed by atoms with E-state index in [0.29, 0.717) is 5.69 Å². The van der Waals surface area contributed by atoms with Gasteiger partial charge in [0, 0.05) is 23.8 Å². The predicted octanol–water partition coefficient (Wildman–Crippen LogP) is 1.58. The standard InChI is InChI=1S/C14H14N2O4S/c1-9-8-21-14(20)16(9)7-12(17)15(2)11-5-3-10(4-6-11)13(18)19/h3-6,8H,7H2,1-2H3,(H,18,19). The Labute approximate surface area is 124 Å². The van der Waals surface area contributed by atoms with E-state index in [4.69, 9.17) is 5.11 Å². The second kappa shape index (κ2) is 5.92. The second-order valence-corrected chi connectivity index (χ2v) is 5.35. The number of hydrogen-bond donors (Lipinski definition) is 1. The molecular formula is C14H14N2O4S. The van der Waals surface area contributed by atoms with Crippen LogP contribution in [0.25, 0.3) is 0 Å². The Morgan fingerprint density at radius 3 is 2.38 bits per heavy atom. The molecule has 1 amide bonds. The molecule has 0 saturated carbocycles. The van der Waals surface area contributed by atoms with Crippen LogP contribution >= 0.6 is 11.3 Å². The molecule has 0 fully saturated rings. The fourth-order valence-corrected chi connectivity index (χ4v) is 2.54. The van der Waals surface area contributed by atoms with Crippen LogP contribution in [0.2, 0.25) is 0 Å². The van der Waals surface area contributed by atoms with Crippen molar-refractivity contribution in [3.63, 3.8) is 0 Å². The van der Waals surface area contributed by atoms with E-state index in [1.165, 1.54) is 21.6 Å². The molecule has 2 aromatic rings. The fourth-order valence-electron chi connectivity index (χ4n) is 1.81. The number of anilines is 1. The van der Waals surface area contributed by atoms with Crippen molar-refractivity contribution in [1.82, 2.24) is 4.57 Å². The summed E-state index contributed by atoms with van der Waals surface area (Å²) in [6, 6.07) is 5.99. The summed E-state index contributed by atoms with van der Waals surface area (Å²) in [6.45, 7) is 1.73. The van der Waals surface area contributed by atoms with Crippen molar-refractivity contribution in [2.75, 3.05) is 11.9 Å². The number of benzene rings is 1. The van der Waals surface area contributed by atoms with Crippen LogP contribution in [0, 0.1) is 6.92 Å². The Morgan fingerprint density at radius 2 is 1.90 bits per heavy atom. The van der Waals surface area contributed by atoms with Crippen molar-refractivity contribution < 1.29 is 14.7 Å². The van der Waals surface area contributed by atoms with Gasteiger partial charge in [-0.1, -0.05) is 11.3 Å². The summed E-state index contributed by atoms with van der Waals surface area (Å²) in [4.78, 5) is 35.8. The predicted molar refractivity (Wildman–Crippen MR) is 80.1 cm³/mol. The Bertz CT molecular complexity index is 730. The van der Waals surface area contributed by atoms with Crippen molar-refractivity contribution >= 4 is 28.9 Å². The number of carbonyl (C=O) groups excluding carboxylic acids is 1. The third-order valence-corrected chi connectivity index (χ3v) is 4.03. The third kappa shape index (κ3) is 3.19. The van der Waals surface area contributed by atoms with Gasteiger partial charge in [0.1, 0.15) is 6.54 Å². The summed E-state index contributed by atoms with van der Waals surface area (Å²) in [6.07, 6.45) is 0. The zero-order valence-electron chi connectivity index (χ0n) is 11.6. The summed E-state index contributed by atoms with van der Waals surface area (Å²) >= 11 is 1.06. The van der Waals surface area contributed by atoms with Crippen LogP contribution in [-0.2, 0) is 11.3 Å². The average Bonchev–Trinajstić information content (AvgIpc) is 2.78. The largest absolute Gasteiger partial charge is 0.478 e. The molecule has 0 saturated heterocycles. The lowest BCUT2D eigenvalue weighted by atomic mass is 10.2. The second-order valence-electron chi connectivity index (χ2n) is 4.53. The summed E-state index contributed by atoms with van der Waals surface area (Å²) < 4.78 is 1.41. The highest BCUT2D eigenvalue weighted by atomic mass is 32.1. The lowest BCUT2D eigenvalue weighted by Crippen LogP contribution is -2.32. The zero-order chi connectivity index (χ0) is 15.6. The Kier molecular flexibility index (Phi) is 4.23. The van der Waals surface area contributed by atoms with Crippen LogP contribution in [-0.4, -0.2) is 28.6 Å². The maximum absolute atomic E-state index is 12.2. The number of likely N-dealkylation sites (N-methyl/N-ethyl adjacent to an activating group) is 1. The van der Waals surface area contributed by atoms with Crippen molar-refractivity contribution in [1.29, 1.82) is 0 Å². The smallest absolute Gasteiger partial charge is 0.335 e. The molecule has 110 valence electrons. The SMILES string of the molecule is Cc1csc(=O)n1CC(=O)N(C)c1ccc(C(=O)O)cc1. The molecule has 0 radical (unpaired) electrons. The lowest BCUT2D eigenvalue weighted by Gasteiger charge is -2.18. The minimum Gasteiger partial charge on any atom is -0.478 e. The van der Waals surface area contributed by atoms with Gasteiger partial charge in [-0.25, -0.2) is 4.79 Å². The molecule has 1 aromatic heterocycles. The molecule has 0 bridgehead atoms. The monoisotopic (exact) mass is 306 g/mol. The summed E-state index contributed by atoms with van der Waals surface area (Å²) in [5.74, 6) is -1.27. The topological polar surface area (TPSA) is 79.6 Å².